The monoisotopic (exact) mass is 595 g/mol. The molecule has 2 saturated heterocycles. The molecule has 2 unspecified atom stereocenters. The first-order valence-corrected chi connectivity index (χ1v) is 14.9. The highest BCUT2D eigenvalue weighted by Crippen LogP contribution is 2.31. The van der Waals surface area contributed by atoms with Crippen molar-refractivity contribution in [1.29, 1.82) is 0 Å². The van der Waals surface area contributed by atoms with Crippen LogP contribution in [-0.4, -0.2) is 105 Å². The molecular weight excluding hydrogens is 558 g/mol. The third-order valence-corrected chi connectivity index (χ3v) is 8.63. The maximum atomic E-state index is 14.2. The number of aromatic hydroxyl groups is 1. The molecule has 4 atom stereocenters. The molecule has 4 aliphatic rings. The summed E-state index contributed by atoms with van der Waals surface area (Å²) in [5.74, 6) is -0.387. The number of carbonyl (C=O) groups is 3. The first-order chi connectivity index (χ1) is 21.3. The Hall–Kier alpha value is -4.77. The summed E-state index contributed by atoms with van der Waals surface area (Å²) >= 11 is 0. The fourth-order valence-electron chi connectivity index (χ4n) is 6.44. The minimum absolute atomic E-state index is 0.0189. The van der Waals surface area contributed by atoms with E-state index in [9.17, 15) is 19.5 Å². The van der Waals surface area contributed by atoms with Gasteiger partial charge in [-0.15, -0.1) is 6.58 Å². The van der Waals surface area contributed by atoms with Gasteiger partial charge in [-0.1, -0.05) is 72.0 Å². The van der Waals surface area contributed by atoms with Crippen molar-refractivity contribution < 1.29 is 19.5 Å². The standard InChI is InChI=1S/C33H37N7O4/c1-3-17-38-22-32(43)39-29(18-24-9-13-26(41)14-10-24)33(44)37(20-25-11-15-27-28(19-25)36(2)35-34-27)21-30(39)40(38)31(42)16-12-23-7-5-4-6-8-23/h3-11,13-15,19,27-30,41H,1,12,16-18,20-22H2,2H3/t27?,28?,29-,30-/m0/s1. The number of benzene rings is 2. The summed E-state index contributed by atoms with van der Waals surface area (Å²) in [7, 11) is 1.87. The second-order valence-electron chi connectivity index (χ2n) is 11.6. The summed E-state index contributed by atoms with van der Waals surface area (Å²) in [4.78, 5) is 45.3. The average Bonchev–Trinajstić information content (AvgIpc) is 3.39. The van der Waals surface area contributed by atoms with Gasteiger partial charge in [0.05, 0.1) is 19.1 Å². The van der Waals surface area contributed by atoms with Crippen molar-refractivity contribution >= 4 is 17.7 Å². The van der Waals surface area contributed by atoms with Crippen LogP contribution in [0.2, 0.25) is 0 Å². The van der Waals surface area contributed by atoms with Crippen LogP contribution in [0.3, 0.4) is 0 Å². The molecule has 44 heavy (non-hydrogen) atoms. The third kappa shape index (κ3) is 5.87. The molecule has 2 aromatic carbocycles. The number of hydrogen-bond donors (Lipinski definition) is 1. The largest absolute Gasteiger partial charge is 0.508 e. The van der Waals surface area contributed by atoms with E-state index in [1.807, 2.05) is 54.5 Å². The van der Waals surface area contributed by atoms with Gasteiger partial charge in [0.15, 0.2) is 0 Å². The Morgan fingerprint density at radius 2 is 1.86 bits per heavy atom. The first kappa shape index (κ1) is 29.3. The zero-order valence-corrected chi connectivity index (χ0v) is 24.8. The lowest BCUT2D eigenvalue weighted by Gasteiger charge is -2.55. The molecule has 1 aliphatic carbocycles. The van der Waals surface area contributed by atoms with Gasteiger partial charge >= 0.3 is 0 Å². The number of rotatable bonds is 9. The van der Waals surface area contributed by atoms with Crippen molar-refractivity contribution in [3.05, 3.63) is 102 Å². The average molecular weight is 596 g/mol. The van der Waals surface area contributed by atoms with Gasteiger partial charge < -0.3 is 14.9 Å². The summed E-state index contributed by atoms with van der Waals surface area (Å²) in [6.07, 6.45) is 8.13. The Morgan fingerprint density at radius 1 is 1.09 bits per heavy atom. The second-order valence-corrected chi connectivity index (χ2v) is 11.6. The summed E-state index contributed by atoms with van der Waals surface area (Å²) in [5.41, 5.74) is 2.81. The molecular formula is C33H37N7O4. The summed E-state index contributed by atoms with van der Waals surface area (Å²) in [5, 5.41) is 23.5. The van der Waals surface area contributed by atoms with Gasteiger partial charge in [-0.05, 0) is 35.3 Å². The number of hydrazine groups is 1. The molecule has 11 nitrogen and oxygen atoms in total. The van der Waals surface area contributed by atoms with Gasteiger partial charge in [-0.3, -0.25) is 19.4 Å². The minimum Gasteiger partial charge on any atom is -0.508 e. The lowest BCUT2D eigenvalue weighted by molar-refractivity contribution is -0.204. The molecule has 1 N–H and O–H groups in total. The Morgan fingerprint density at radius 3 is 2.61 bits per heavy atom. The van der Waals surface area contributed by atoms with Gasteiger partial charge in [0.1, 0.15) is 24.0 Å². The number of phenolic OH excluding ortho intramolecular Hbond substituents is 1. The number of amides is 3. The number of nitrogens with zero attached hydrogens (tertiary/aromatic N) is 7. The summed E-state index contributed by atoms with van der Waals surface area (Å²) in [6.45, 7) is 4.64. The van der Waals surface area contributed by atoms with E-state index in [2.05, 4.69) is 23.0 Å². The van der Waals surface area contributed by atoms with E-state index < -0.39 is 12.2 Å². The van der Waals surface area contributed by atoms with Crippen molar-refractivity contribution in [3.63, 3.8) is 0 Å². The molecule has 6 rings (SSSR count). The molecule has 228 valence electrons. The highest BCUT2D eigenvalue weighted by molar-refractivity contribution is 5.92. The van der Waals surface area contributed by atoms with Gasteiger partial charge in [-0.2, -0.15) is 5.11 Å². The van der Waals surface area contributed by atoms with Crippen LogP contribution < -0.4 is 0 Å². The Kier molecular flexibility index (Phi) is 8.30. The maximum Gasteiger partial charge on any atom is 0.246 e. The van der Waals surface area contributed by atoms with Crippen LogP contribution in [-0.2, 0) is 27.2 Å². The Labute approximate surface area is 257 Å². The van der Waals surface area contributed by atoms with Crippen LogP contribution in [0.5, 0.6) is 5.75 Å². The smallest absolute Gasteiger partial charge is 0.246 e. The highest BCUT2D eigenvalue weighted by Gasteiger charge is 2.51. The number of hydrogen-bond acceptors (Lipinski definition) is 8. The van der Waals surface area contributed by atoms with E-state index in [1.165, 1.54) is 0 Å². The van der Waals surface area contributed by atoms with Crippen LogP contribution in [0, 0.1) is 0 Å². The van der Waals surface area contributed by atoms with E-state index in [1.54, 1.807) is 50.2 Å². The fraction of sp³-hybridized carbons (Fsp3) is 0.364. The molecule has 3 heterocycles. The van der Waals surface area contributed by atoms with Crippen molar-refractivity contribution in [1.82, 2.24) is 24.8 Å². The third-order valence-electron chi connectivity index (χ3n) is 8.63. The van der Waals surface area contributed by atoms with Gasteiger partial charge in [0.2, 0.25) is 17.7 Å². The van der Waals surface area contributed by atoms with Gasteiger partial charge in [0.25, 0.3) is 0 Å². The molecule has 0 saturated carbocycles. The predicted octanol–water partition coefficient (Wildman–Crippen LogP) is 2.72. The highest BCUT2D eigenvalue weighted by atomic mass is 16.3. The summed E-state index contributed by atoms with van der Waals surface area (Å²) < 4.78 is 0. The van der Waals surface area contributed by atoms with Crippen molar-refractivity contribution in [3.8, 4) is 5.75 Å². The normalized spacial score (nSPS) is 24.8. The van der Waals surface area contributed by atoms with E-state index in [0.717, 1.165) is 16.7 Å². The molecule has 3 amide bonds. The van der Waals surface area contributed by atoms with Crippen LogP contribution >= 0.6 is 0 Å². The lowest BCUT2D eigenvalue weighted by atomic mass is 9.95. The lowest BCUT2D eigenvalue weighted by Crippen LogP contribution is -2.76. The molecule has 0 bridgehead atoms. The van der Waals surface area contributed by atoms with E-state index in [4.69, 9.17) is 0 Å². The maximum absolute atomic E-state index is 14.2. The molecule has 2 fully saturated rings. The zero-order chi connectivity index (χ0) is 30.8. The number of aryl methyl sites for hydroxylation is 1. The topological polar surface area (TPSA) is 112 Å². The SMILES string of the molecule is C=CCN1CC(=O)N2[C@@H](Cc3ccc(O)cc3)C(=O)N(CC3=CC4C(C=C3)N=NN4C)C[C@@H]2N1C(=O)CCc1ccccc1. The van der Waals surface area contributed by atoms with E-state index >= 15 is 0 Å². The number of piperazine rings is 1. The zero-order valence-electron chi connectivity index (χ0n) is 24.8. The molecule has 0 aromatic heterocycles. The van der Waals surface area contributed by atoms with Crippen LogP contribution in [0.4, 0.5) is 0 Å². The molecule has 11 heteroatoms. The minimum atomic E-state index is -0.818. The van der Waals surface area contributed by atoms with E-state index in [-0.39, 0.29) is 61.5 Å². The van der Waals surface area contributed by atoms with Crippen LogP contribution in [0.1, 0.15) is 17.5 Å². The first-order valence-electron chi connectivity index (χ1n) is 14.9. The predicted molar refractivity (Wildman–Crippen MR) is 164 cm³/mol. The molecule has 0 radical (unpaired) electrons. The fourth-order valence-corrected chi connectivity index (χ4v) is 6.44. The molecule has 2 aromatic rings. The number of phenols is 1. The Bertz CT molecular complexity index is 1510. The number of fused-ring (bicyclic) bond motifs is 2. The van der Waals surface area contributed by atoms with Crippen LogP contribution in [0.15, 0.2) is 101 Å². The van der Waals surface area contributed by atoms with Crippen molar-refractivity contribution in [2.75, 3.05) is 33.2 Å². The molecule has 0 spiro atoms. The van der Waals surface area contributed by atoms with Crippen LogP contribution in [0.25, 0.3) is 0 Å². The number of likely N-dealkylation sites (N-methyl/N-ethyl adjacent to an activating group) is 1. The van der Waals surface area contributed by atoms with Gasteiger partial charge in [-0.25, -0.2) is 10.0 Å². The van der Waals surface area contributed by atoms with Crippen molar-refractivity contribution in [2.24, 2.45) is 10.3 Å². The number of carbonyl (C=O) groups excluding carboxylic acids is 3. The van der Waals surface area contributed by atoms with Gasteiger partial charge in [0, 0.05) is 33.0 Å². The van der Waals surface area contributed by atoms with E-state index in [0.29, 0.717) is 19.5 Å². The molecule has 3 aliphatic heterocycles. The summed E-state index contributed by atoms with van der Waals surface area (Å²) in [6, 6.07) is 15.6. The van der Waals surface area contributed by atoms with Crippen molar-refractivity contribution in [2.45, 2.75) is 43.6 Å². The Balaban J connectivity index is 1.32. The second kappa shape index (κ2) is 12.5. The quantitative estimate of drug-likeness (QED) is 0.447.